The Hall–Kier alpha value is -0.910. The van der Waals surface area contributed by atoms with E-state index in [0.717, 1.165) is 11.8 Å². The van der Waals surface area contributed by atoms with Crippen LogP contribution in [0.15, 0.2) is 26.9 Å². The molecule has 8 nitrogen and oxygen atoms in total. The van der Waals surface area contributed by atoms with E-state index in [-0.39, 0.29) is 40.7 Å². The predicted octanol–water partition coefficient (Wildman–Crippen LogP) is -0.558. The van der Waals surface area contributed by atoms with Crippen LogP contribution >= 0.6 is 23.1 Å². The van der Waals surface area contributed by atoms with Crippen LogP contribution in [0.4, 0.5) is 5.69 Å². The summed E-state index contributed by atoms with van der Waals surface area (Å²) in [7, 11) is 2.95. The molecule has 108 valence electrons. The van der Waals surface area contributed by atoms with Crippen molar-refractivity contribution in [3.63, 3.8) is 0 Å². The zero-order valence-corrected chi connectivity index (χ0v) is 15.1. The fraction of sp³-hybridized carbons (Fsp3) is 0.200. The summed E-state index contributed by atoms with van der Waals surface area (Å²) >= 11 is 2.36. The Balaban J connectivity index is 0.00000200. The summed E-state index contributed by atoms with van der Waals surface area (Å²) in [5.74, 6) is 0.683. The number of ether oxygens (including phenoxy) is 2. The van der Waals surface area contributed by atoms with Gasteiger partial charge in [-0.1, -0.05) is 0 Å². The number of nitrogens with zero attached hydrogens (tertiary/aromatic N) is 3. The van der Waals surface area contributed by atoms with E-state index in [4.69, 9.17) is 9.47 Å². The van der Waals surface area contributed by atoms with Crippen LogP contribution in [-0.2, 0) is 0 Å². The van der Waals surface area contributed by atoms with E-state index in [1.54, 1.807) is 5.38 Å². The van der Waals surface area contributed by atoms with Gasteiger partial charge >= 0.3 is 29.6 Å². The number of rotatable bonds is 5. The molecule has 21 heavy (non-hydrogen) atoms. The molecule has 2 heterocycles. The number of aromatic nitrogens is 2. The molecule has 2 aromatic rings. The van der Waals surface area contributed by atoms with Crippen LogP contribution in [0, 0.1) is 10.1 Å². The molecule has 11 heteroatoms. The molecule has 0 atom stereocenters. The van der Waals surface area contributed by atoms with Gasteiger partial charge in [0.1, 0.15) is 4.21 Å². The Labute approximate surface area is 150 Å². The normalized spacial score (nSPS) is 9.24. The maximum absolute atomic E-state index is 10.8. The smallest absolute Gasteiger partial charge is 0.870 e. The molecule has 0 aliphatic rings. The van der Waals surface area contributed by atoms with Gasteiger partial charge in [-0.15, -0.1) is 11.3 Å². The van der Waals surface area contributed by atoms with Crippen LogP contribution in [-0.4, -0.2) is 34.6 Å². The molecule has 0 spiro atoms. The van der Waals surface area contributed by atoms with Crippen LogP contribution in [0.1, 0.15) is 0 Å². The van der Waals surface area contributed by atoms with E-state index in [0.29, 0.717) is 21.1 Å². The minimum atomic E-state index is -0.434. The van der Waals surface area contributed by atoms with Gasteiger partial charge in [-0.2, -0.15) is 9.97 Å². The van der Waals surface area contributed by atoms with Crippen molar-refractivity contribution in [2.24, 2.45) is 0 Å². The number of hydrogen-bond acceptors (Lipinski definition) is 9. The summed E-state index contributed by atoms with van der Waals surface area (Å²) in [6, 6.07) is 2.98. The van der Waals surface area contributed by atoms with Crippen molar-refractivity contribution in [1.82, 2.24) is 9.97 Å². The standard InChI is InChI=1S/C10H9N3O4S2.Na.H2O/c1-16-7-5-8(17-2)12-10(11-7)19-9-6(13(14)15)3-4-18-9;;/h3-5H,1-2H3;;1H2/q;+1;/p-1. The zero-order chi connectivity index (χ0) is 13.8. The van der Waals surface area contributed by atoms with E-state index in [1.807, 2.05) is 0 Å². The van der Waals surface area contributed by atoms with Gasteiger partial charge in [0.05, 0.1) is 25.2 Å². The molecule has 2 rings (SSSR count). The second kappa shape index (κ2) is 9.18. The molecule has 0 saturated carbocycles. The first-order valence-corrected chi connectivity index (χ1v) is 6.70. The SMILES string of the molecule is COc1cc(OC)nc(Sc2sccc2[N+](=O)[O-])n1.[Na+].[OH-]. The Kier molecular flexibility index (Phi) is 8.78. The largest absolute Gasteiger partial charge is 1.00 e. The second-order valence-electron chi connectivity index (χ2n) is 3.19. The molecule has 0 saturated heterocycles. The van der Waals surface area contributed by atoms with Crippen LogP contribution in [0.2, 0.25) is 0 Å². The number of thiophene rings is 1. The third-order valence-electron chi connectivity index (χ3n) is 2.07. The summed E-state index contributed by atoms with van der Waals surface area (Å²) in [6.07, 6.45) is 0. The molecule has 0 aromatic carbocycles. The van der Waals surface area contributed by atoms with Gasteiger partial charge in [0, 0.05) is 6.07 Å². The Morgan fingerprint density at radius 3 is 2.33 bits per heavy atom. The fourth-order valence-electron chi connectivity index (χ4n) is 1.22. The molecule has 0 unspecified atom stereocenters. The van der Waals surface area contributed by atoms with Crippen LogP contribution in [0.5, 0.6) is 11.8 Å². The van der Waals surface area contributed by atoms with Gasteiger partial charge in [-0.3, -0.25) is 10.1 Å². The van der Waals surface area contributed by atoms with Gasteiger partial charge in [0.25, 0.3) is 5.69 Å². The Morgan fingerprint density at radius 2 is 1.86 bits per heavy atom. The summed E-state index contributed by atoms with van der Waals surface area (Å²) in [5, 5.41) is 12.8. The van der Waals surface area contributed by atoms with E-state index >= 15 is 0 Å². The quantitative estimate of drug-likeness (QED) is 0.308. The van der Waals surface area contributed by atoms with E-state index in [1.165, 1.54) is 37.7 Å². The van der Waals surface area contributed by atoms with Crippen molar-refractivity contribution in [3.8, 4) is 11.8 Å². The second-order valence-corrected chi connectivity index (χ2v) is 5.34. The first kappa shape index (κ1) is 20.1. The predicted molar refractivity (Wildman–Crippen MR) is 72.2 cm³/mol. The summed E-state index contributed by atoms with van der Waals surface area (Å²) < 4.78 is 10.6. The average molecular weight is 339 g/mol. The molecule has 0 fully saturated rings. The van der Waals surface area contributed by atoms with Crippen molar-refractivity contribution >= 4 is 28.8 Å². The van der Waals surface area contributed by atoms with Crippen molar-refractivity contribution in [2.45, 2.75) is 9.37 Å². The Morgan fingerprint density at radius 1 is 1.29 bits per heavy atom. The molecule has 2 aromatic heterocycles. The van der Waals surface area contributed by atoms with Crippen LogP contribution in [0.3, 0.4) is 0 Å². The van der Waals surface area contributed by atoms with Crippen molar-refractivity contribution in [1.29, 1.82) is 0 Å². The molecular weight excluding hydrogens is 329 g/mol. The van der Waals surface area contributed by atoms with Crippen molar-refractivity contribution in [2.75, 3.05) is 14.2 Å². The van der Waals surface area contributed by atoms with E-state index in [9.17, 15) is 10.1 Å². The van der Waals surface area contributed by atoms with Gasteiger partial charge in [0.15, 0.2) is 5.16 Å². The first-order valence-electron chi connectivity index (χ1n) is 5.01. The molecular formula is C10H10N3NaO5S2. The minimum absolute atomic E-state index is 0. The maximum atomic E-state index is 10.8. The van der Waals surface area contributed by atoms with E-state index < -0.39 is 4.92 Å². The maximum Gasteiger partial charge on any atom is 1.00 e. The summed E-state index contributed by atoms with van der Waals surface area (Å²) in [5.41, 5.74) is 0.0420. The third kappa shape index (κ3) is 5.09. The topological polar surface area (TPSA) is 117 Å². The average Bonchev–Trinajstić information content (AvgIpc) is 2.86. The van der Waals surface area contributed by atoms with Gasteiger partial charge in [-0.25, -0.2) is 0 Å². The van der Waals surface area contributed by atoms with E-state index in [2.05, 4.69) is 9.97 Å². The zero-order valence-electron chi connectivity index (χ0n) is 11.5. The molecule has 0 aliphatic carbocycles. The molecule has 0 amide bonds. The fourth-order valence-corrected chi connectivity index (χ4v) is 3.07. The first-order chi connectivity index (χ1) is 9.13. The summed E-state index contributed by atoms with van der Waals surface area (Å²) in [4.78, 5) is 18.6. The van der Waals surface area contributed by atoms with Gasteiger partial charge < -0.3 is 14.9 Å². The number of nitro groups is 1. The molecule has 1 N–H and O–H groups in total. The van der Waals surface area contributed by atoms with Gasteiger partial charge in [0.2, 0.25) is 11.8 Å². The minimum Gasteiger partial charge on any atom is -0.870 e. The summed E-state index contributed by atoms with van der Waals surface area (Å²) in [6.45, 7) is 0. The van der Waals surface area contributed by atoms with Crippen molar-refractivity contribution in [3.05, 3.63) is 27.6 Å². The molecule has 0 aliphatic heterocycles. The monoisotopic (exact) mass is 339 g/mol. The molecule has 0 radical (unpaired) electrons. The number of methoxy groups -OCH3 is 2. The molecule has 0 bridgehead atoms. The number of hydrogen-bond donors (Lipinski definition) is 0. The van der Waals surface area contributed by atoms with Crippen molar-refractivity contribution < 1.29 is 49.4 Å². The third-order valence-corrected chi connectivity index (χ3v) is 4.06. The van der Waals surface area contributed by atoms with Crippen LogP contribution < -0.4 is 39.0 Å². The Bertz CT molecular complexity index is 588. The van der Waals surface area contributed by atoms with Gasteiger partial charge in [-0.05, 0) is 17.1 Å². The van der Waals surface area contributed by atoms with Crippen LogP contribution in [0.25, 0.3) is 0 Å².